The third-order valence-corrected chi connectivity index (χ3v) is 6.16. The van der Waals surface area contributed by atoms with E-state index in [4.69, 9.17) is 4.74 Å². The van der Waals surface area contributed by atoms with Gasteiger partial charge in [0.05, 0.1) is 13.2 Å². The lowest BCUT2D eigenvalue weighted by Crippen LogP contribution is -2.28. The van der Waals surface area contributed by atoms with E-state index >= 15 is 4.39 Å². The van der Waals surface area contributed by atoms with Crippen molar-refractivity contribution >= 4 is 5.97 Å². The van der Waals surface area contributed by atoms with E-state index in [1.165, 1.54) is 13.2 Å². The van der Waals surface area contributed by atoms with Crippen LogP contribution in [0, 0.1) is 5.92 Å². The summed E-state index contributed by atoms with van der Waals surface area (Å²) < 4.78 is 25.7. The van der Waals surface area contributed by atoms with Gasteiger partial charge < -0.3 is 19.7 Å². The highest BCUT2D eigenvalue weighted by molar-refractivity contribution is 5.69. The Morgan fingerprint density at radius 1 is 1.15 bits per heavy atom. The number of phenols is 1. The number of phenolic OH excluding ortho intramolecular Hbond substituents is 1. The second kappa shape index (κ2) is 10.8. The van der Waals surface area contributed by atoms with E-state index in [1.807, 2.05) is 50.2 Å². The molecule has 0 bridgehead atoms. The van der Waals surface area contributed by atoms with Gasteiger partial charge in [-0.1, -0.05) is 36.4 Å². The van der Waals surface area contributed by atoms with Crippen LogP contribution in [0.15, 0.2) is 60.4 Å². The molecule has 1 aliphatic rings. The summed E-state index contributed by atoms with van der Waals surface area (Å²) in [6, 6.07) is 14.7. The Hall–Kier alpha value is -2.86. The molecule has 0 amide bonds. The van der Waals surface area contributed by atoms with Gasteiger partial charge in [0.2, 0.25) is 0 Å². The first-order chi connectivity index (χ1) is 15.7. The number of methoxy groups -OCH3 is 1. The highest BCUT2D eigenvalue weighted by Gasteiger charge is 2.37. The molecule has 2 aromatic carbocycles. The maximum Gasteiger partial charge on any atom is 0.305 e. The van der Waals surface area contributed by atoms with Crippen LogP contribution in [-0.2, 0) is 16.0 Å². The van der Waals surface area contributed by atoms with Crippen LogP contribution >= 0.6 is 0 Å². The molecule has 178 valence electrons. The van der Waals surface area contributed by atoms with Gasteiger partial charge in [-0.05, 0) is 68.4 Å². The lowest BCUT2D eigenvalue weighted by molar-refractivity contribution is -0.140. The number of halogens is 1. The van der Waals surface area contributed by atoms with E-state index in [2.05, 4.69) is 4.74 Å². The standard InChI is InChI=1S/C27H33FO5/c1-27(2,33-20-9-5-4-6-10-20)17-19(28)16-23-21(13-14-24(23)29)22-11-7-8-18(26(22)31)12-15-25(30)32-3/h4-11,16,21,23-24,29,31H,12-15,17H2,1-3H3/b19-16-/t21-,23?,24-/m1/s1. The van der Waals surface area contributed by atoms with Crippen LogP contribution in [0.2, 0.25) is 0 Å². The van der Waals surface area contributed by atoms with Gasteiger partial charge >= 0.3 is 5.97 Å². The number of para-hydroxylation sites is 2. The Labute approximate surface area is 194 Å². The first-order valence-corrected chi connectivity index (χ1v) is 11.4. The summed E-state index contributed by atoms with van der Waals surface area (Å²) >= 11 is 0. The Morgan fingerprint density at radius 3 is 2.58 bits per heavy atom. The molecule has 33 heavy (non-hydrogen) atoms. The van der Waals surface area contributed by atoms with Gasteiger partial charge in [0.1, 0.15) is 22.9 Å². The topological polar surface area (TPSA) is 76.0 Å². The molecule has 0 spiro atoms. The van der Waals surface area contributed by atoms with E-state index in [0.29, 0.717) is 36.1 Å². The summed E-state index contributed by atoms with van der Waals surface area (Å²) in [7, 11) is 1.33. The first-order valence-electron chi connectivity index (χ1n) is 11.4. The Bertz CT molecular complexity index is 970. The number of hydrogen-bond acceptors (Lipinski definition) is 5. The number of rotatable bonds is 9. The number of ether oxygens (including phenoxy) is 2. The van der Waals surface area contributed by atoms with E-state index in [1.54, 1.807) is 12.1 Å². The molecule has 5 nitrogen and oxygen atoms in total. The Kier molecular flexibility index (Phi) is 8.14. The minimum absolute atomic E-state index is 0.0585. The quantitative estimate of drug-likeness (QED) is 0.491. The third kappa shape index (κ3) is 6.57. The number of aromatic hydroxyl groups is 1. The van der Waals surface area contributed by atoms with Crippen LogP contribution < -0.4 is 4.74 Å². The number of carbonyl (C=O) groups excluding carboxylic acids is 1. The second-order valence-corrected chi connectivity index (χ2v) is 9.22. The highest BCUT2D eigenvalue weighted by atomic mass is 19.1. The summed E-state index contributed by atoms with van der Waals surface area (Å²) in [5, 5.41) is 21.4. The molecule has 3 rings (SSSR count). The number of aliphatic hydroxyl groups excluding tert-OH is 1. The van der Waals surface area contributed by atoms with Gasteiger partial charge in [-0.3, -0.25) is 4.79 Å². The van der Waals surface area contributed by atoms with Crippen LogP contribution in [-0.4, -0.2) is 35.0 Å². The Morgan fingerprint density at radius 2 is 1.88 bits per heavy atom. The van der Waals surface area contributed by atoms with Crippen molar-refractivity contribution in [2.45, 2.75) is 63.6 Å². The predicted octanol–water partition coefficient (Wildman–Crippen LogP) is 5.45. The van der Waals surface area contributed by atoms with E-state index in [0.717, 1.165) is 0 Å². The number of benzene rings is 2. The van der Waals surface area contributed by atoms with Crippen molar-refractivity contribution in [3.8, 4) is 11.5 Å². The molecule has 1 unspecified atom stereocenters. The molecule has 1 saturated carbocycles. The molecule has 1 fully saturated rings. The van der Waals surface area contributed by atoms with E-state index < -0.39 is 17.6 Å². The molecule has 3 atom stereocenters. The maximum atomic E-state index is 15.1. The van der Waals surface area contributed by atoms with Crippen molar-refractivity contribution in [1.82, 2.24) is 0 Å². The van der Waals surface area contributed by atoms with Crippen LogP contribution in [0.4, 0.5) is 4.39 Å². The van der Waals surface area contributed by atoms with Gasteiger partial charge in [-0.25, -0.2) is 4.39 Å². The molecule has 0 aliphatic heterocycles. The zero-order chi connectivity index (χ0) is 24.0. The van der Waals surface area contributed by atoms with Crippen molar-refractivity contribution < 1.29 is 28.9 Å². The van der Waals surface area contributed by atoms with E-state index in [-0.39, 0.29) is 36.3 Å². The number of carbonyl (C=O) groups is 1. The Balaban J connectivity index is 1.76. The fraction of sp³-hybridized carbons (Fsp3) is 0.444. The third-order valence-electron chi connectivity index (χ3n) is 6.16. The summed E-state index contributed by atoms with van der Waals surface area (Å²) in [5.41, 5.74) is 0.541. The summed E-state index contributed by atoms with van der Waals surface area (Å²) in [5.74, 6) is -0.608. The molecule has 0 radical (unpaired) electrons. The molecule has 0 heterocycles. The largest absolute Gasteiger partial charge is 0.507 e. The molecule has 6 heteroatoms. The zero-order valence-corrected chi connectivity index (χ0v) is 19.5. The van der Waals surface area contributed by atoms with Crippen molar-refractivity contribution in [1.29, 1.82) is 0 Å². The maximum absolute atomic E-state index is 15.1. The van der Waals surface area contributed by atoms with Crippen molar-refractivity contribution in [3.63, 3.8) is 0 Å². The van der Waals surface area contributed by atoms with Crippen molar-refractivity contribution in [3.05, 3.63) is 71.6 Å². The minimum Gasteiger partial charge on any atom is -0.507 e. The van der Waals surface area contributed by atoms with Gasteiger partial charge in [-0.2, -0.15) is 0 Å². The number of esters is 1. The minimum atomic E-state index is -0.767. The van der Waals surface area contributed by atoms with Gasteiger partial charge in [0.25, 0.3) is 0 Å². The van der Waals surface area contributed by atoms with Crippen LogP contribution in [0.5, 0.6) is 11.5 Å². The van der Waals surface area contributed by atoms with Crippen LogP contribution in [0.3, 0.4) is 0 Å². The molecular weight excluding hydrogens is 423 g/mol. The molecule has 0 aromatic heterocycles. The normalized spacial score (nSPS) is 21.1. The number of aryl methyl sites for hydroxylation is 1. The molecule has 2 N–H and O–H groups in total. The average Bonchev–Trinajstić information content (AvgIpc) is 3.12. The second-order valence-electron chi connectivity index (χ2n) is 9.22. The molecular formula is C27H33FO5. The van der Waals surface area contributed by atoms with Crippen LogP contribution in [0.25, 0.3) is 0 Å². The van der Waals surface area contributed by atoms with Crippen molar-refractivity contribution in [2.75, 3.05) is 7.11 Å². The molecule has 0 saturated heterocycles. The molecule has 2 aromatic rings. The SMILES string of the molecule is COC(=O)CCc1cccc([C@H]2CC[C@@H](O)C2/C=C(\F)CC(C)(C)Oc2ccccc2)c1O. The first kappa shape index (κ1) is 24.8. The predicted molar refractivity (Wildman–Crippen MR) is 125 cm³/mol. The molecule has 1 aliphatic carbocycles. The van der Waals surface area contributed by atoms with Gasteiger partial charge in [0.15, 0.2) is 0 Å². The summed E-state index contributed by atoms with van der Waals surface area (Å²) in [4.78, 5) is 11.5. The number of aliphatic hydroxyl groups is 1. The highest BCUT2D eigenvalue weighted by Crippen LogP contribution is 2.45. The fourth-order valence-electron chi connectivity index (χ4n) is 4.56. The van der Waals surface area contributed by atoms with Gasteiger partial charge in [0, 0.05) is 18.8 Å². The average molecular weight is 457 g/mol. The fourth-order valence-corrected chi connectivity index (χ4v) is 4.56. The smallest absolute Gasteiger partial charge is 0.305 e. The number of hydrogen-bond donors (Lipinski definition) is 2. The lowest BCUT2D eigenvalue weighted by Gasteiger charge is -2.27. The van der Waals surface area contributed by atoms with Crippen LogP contribution in [0.1, 0.15) is 56.6 Å². The van der Waals surface area contributed by atoms with Crippen molar-refractivity contribution in [2.24, 2.45) is 5.92 Å². The monoisotopic (exact) mass is 456 g/mol. The summed E-state index contributed by atoms with van der Waals surface area (Å²) in [6.45, 7) is 3.65. The van der Waals surface area contributed by atoms with Gasteiger partial charge in [-0.15, -0.1) is 0 Å². The van der Waals surface area contributed by atoms with E-state index in [9.17, 15) is 15.0 Å². The zero-order valence-electron chi connectivity index (χ0n) is 19.5. The summed E-state index contributed by atoms with van der Waals surface area (Å²) in [6.07, 6.45) is 2.51. The lowest BCUT2D eigenvalue weighted by atomic mass is 9.85.